The van der Waals surface area contributed by atoms with Gasteiger partial charge in [0.05, 0.1) is 5.56 Å². The van der Waals surface area contributed by atoms with Gasteiger partial charge in [-0.25, -0.2) is 0 Å². The smallest absolute Gasteiger partial charge is 0.253 e. The Balaban J connectivity index is 2.01. The van der Waals surface area contributed by atoms with Crippen LogP contribution in [0.2, 0.25) is 0 Å². The van der Waals surface area contributed by atoms with Crippen LogP contribution >= 0.6 is 0 Å². The van der Waals surface area contributed by atoms with Crippen molar-refractivity contribution in [1.29, 1.82) is 0 Å². The van der Waals surface area contributed by atoms with Crippen LogP contribution in [0, 0.1) is 5.92 Å². The molecule has 116 valence electrons. The van der Waals surface area contributed by atoms with E-state index in [4.69, 9.17) is 5.73 Å². The zero-order valence-corrected chi connectivity index (χ0v) is 13.0. The predicted octanol–water partition coefficient (Wildman–Crippen LogP) is 1.77. The van der Waals surface area contributed by atoms with E-state index < -0.39 is 0 Å². The van der Waals surface area contributed by atoms with Crippen LogP contribution in [0.4, 0.5) is 11.4 Å². The normalized spacial score (nSPS) is 18.7. The van der Waals surface area contributed by atoms with Crippen molar-refractivity contribution in [1.82, 2.24) is 10.2 Å². The number of rotatable bonds is 6. The average Bonchev–Trinajstić information content (AvgIpc) is 2.93. The number of amides is 1. The molecule has 1 unspecified atom stereocenters. The summed E-state index contributed by atoms with van der Waals surface area (Å²) in [5.41, 5.74) is 8.02. The van der Waals surface area contributed by atoms with E-state index in [9.17, 15) is 4.79 Å². The quantitative estimate of drug-likeness (QED) is 0.698. The van der Waals surface area contributed by atoms with Gasteiger partial charge in [0.1, 0.15) is 0 Å². The van der Waals surface area contributed by atoms with Crippen LogP contribution in [-0.4, -0.2) is 43.5 Å². The Bertz CT molecular complexity index is 489. The lowest BCUT2D eigenvalue weighted by atomic mass is 10.1. The number of hydrogen-bond donors (Lipinski definition) is 3. The lowest BCUT2D eigenvalue weighted by molar-refractivity contribution is 0.0956. The molecule has 21 heavy (non-hydrogen) atoms. The summed E-state index contributed by atoms with van der Waals surface area (Å²) >= 11 is 0. The van der Waals surface area contributed by atoms with Crippen LogP contribution in [0.1, 0.15) is 30.6 Å². The number of benzene rings is 1. The molecule has 1 amide bonds. The molecule has 1 aromatic rings. The Morgan fingerprint density at radius 1 is 1.43 bits per heavy atom. The second kappa shape index (κ2) is 7.31. The van der Waals surface area contributed by atoms with Crippen molar-refractivity contribution in [2.24, 2.45) is 5.92 Å². The topological polar surface area (TPSA) is 70.4 Å². The third kappa shape index (κ3) is 4.11. The van der Waals surface area contributed by atoms with Crippen molar-refractivity contribution in [3.05, 3.63) is 23.8 Å². The molecular formula is C16H26N4O. The summed E-state index contributed by atoms with van der Waals surface area (Å²) in [5, 5.41) is 6.25. The molecule has 5 nitrogen and oxygen atoms in total. The number of hydrogen-bond acceptors (Lipinski definition) is 4. The molecule has 1 fully saturated rings. The summed E-state index contributed by atoms with van der Waals surface area (Å²) in [6.07, 6.45) is 1.21. The van der Waals surface area contributed by atoms with E-state index in [1.54, 1.807) is 12.1 Å². The molecule has 0 bridgehead atoms. The van der Waals surface area contributed by atoms with Crippen molar-refractivity contribution in [3.8, 4) is 0 Å². The number of nitrogens with two attached hydrogens (primary N) is 1. The summed E-state index contributed by atoms with van der Waals surface area (Å²) in [4.78, 5) is 14.5. The number of carbonyl (C=O) groups excluding carboxylic acids is 1. The molecule has 1 aromatic carbocycles. The SMILES string of the molecule is CCNC(=O)c1ccc(N)cc1NCC1CCN(CC)C1. The van der Waals surface area contributed by atoms with Crippen molar-refractivity contribution in [2.45, 2.75) is 20.3 Å². The summed E-state index contributed by atoms with van der Waals surface area (Å²) in [5.74, 6) is 0.579. The first-order chi connectivity index (χ1) is 10.1. The maximum Gasteiger partial charge on any atom is 0.253 e. The van der Waals surface area contributed by atoms with Crippen LogP contribution in [0.5, 0.6) is 0 Å². The average molecular weight is 290 g/mol. The summed E-state index contributed by atoms with van der Waals surface area (Å²) in [7, 11) is 0. The summed E-state index contributed by atoms with van der Waals surface area (Å²) in [6.45, 7) is 9.02. The van der Waals surface area contributed by atoms with Gasteiger partial charge in [0.2, 0.25) is 0 Å². The van der Waals surface area contributed by atoms with Gasteiger partial charge in [0.25, 0.3) is 5.91 Å². The number of anilines is 2. The van der Waals surface area contributed by atoms with E-state index in [2.05, 4.69) is 22.5 Å². The molecule has 1 aliphatic rings. The van der Waals surface area contributed by atoms with Gasteiger partial charge in [-0.05, 0) is 50.6 Å². The summed E-state index contributed by atoms with van der Waals surface area (Å²) < 4.78 is 0. The fourth-order valence-corrected chi connectivity index (χ4v) is 2.78. The van der Waals surface area contributed by atoms with Gasteiger partial charge < -0.3 is 21.3 Å². The van der Waals surface area contributed by atoms with Crippen LogP contribution < -0.4 is 16.4 Å². The second-order valence-corrected chi connectivity index (χ2v) is 5.59. The molecule has 1 saturated heterocycles. The van der Waals surface area contributed by atoms with E-state index in [-0.39, 0.29) is 5.91 Å². The van der Waals surface area contributed by atoms with Gasteiger partial charge in [-0.2, -0.15) is 0 Å². The van der Waals surface area contributed by atoms with Crippen molar-refractivity contribution in [3.63, 3.8) is 0 Å². The van der Waals surface area contributed by atoms with Gasteiger partial charge in [-0.1, -0.05) is 6.92 Å². The Morgan fingerprint density at radius 3 is 2.90 bits per heavy atom. The highest BCUT2D eigenvalue weighted by atomic mass is 16.1. The van der Waals surface area contributed by atoms with Crippen LogP contribution in [-0.2, 0) is 0 Å². The fraction of sp³-hybridized carbons (Fsp3) is 0.562. The van der Waals surface area contributed by atoms with Gasteiger partial charge in [-0.3, -0.25) is 4.79 Å². The van der Waals surface area contributed by atoms with E-state index in [1.807, 2.05) is 13.0 Å². The minimum Gasteiger partial charge on any atom is -0.399 e. The van der Waals surface area contributed by atoms with E-state index in [1.165, 1.54) is 13.0 Å². The van der Waals surface area contributed by atoms with Crippen molar-refractivity contribution < 1.29 is 4.79 Å². The molecule has 0 spiro atoms. The number of nitrogens with one attached hydrogen (secondary N) is 2. The van der Waals surface area contributed by atoms with Crippen molar-refractivity contribution in [2.75, 3.05) is 43.8 Å². The van der Waals surface area contributed by atoms with Crippen LogP contribution in [0.25, 0.3) is 0 Å². The van der Waals surface area contributed by atoms with Gasteiger partial charge >= 0.3 is 0 Å². The molecule has 0 saturated carbocycles. The molecular weight excluding hydrogens is 264 g/mol. The molecule has 0 radical (unpaired) electrons. The highest BCUT2D eigenvalue weighted by molar-refractivity contribution is 6.00. The Kier molecular flexibility index (Phi) is 5.44. The first-order valence-corrected chi connectivity index (χ1v) is 7.78. The maximum atomic E-state index is 12.1. The minimum atomic E-state index is -0.0541. The number of likely N-dealkylation sites (tertiary alicyclic amines) is 1. The van der Waals surface area contributed by atoms with Gasteiger partial charge in [0.15, 0.2) is 0 Å². The van der Waals surface area contributed by atoms with E-state index in [0.717, 1.165) is 25.3 Å². The number of carbonyl (C=O) groups is 1. The second-order valence-electron chi connectivity index (χ2n) is 5.59. The zero-order valence-electron chi connectivity index (χ0n) is 13.0. The molecule has 2 rings (SSSR count). The number of nitrogens with zero attached hydrogens (tertiary/aromatic N) is 1. The highest BCUT2D eigenvalue weighted by Gasteiger charge is 2.21. The first kappa shape index (κ1) is 15.6. The third-order valence-electron chi connectivity index (χ3n) is 4.02. The Morgan fingerprint density at radius 2 is 2.24 bits per heavy atom. The largest absolute Gasteiger partial charge is 0.399 e. The molecule has 0 aliphatic carbocycles. The van der Waals surface area contributed by atoms with Gasteiger partial charge in [0, 0.05) is 31.0 Å². The molecule has 0 aromatic heterocycles. The van der Waals surface area contributed by atoms with Crippen LogP contribution in [0.15, 0.2) is 18.2 Å². The van der Waals surface area contributed by atoms with Crippen molar-refractivity contribution >= 4 is 17.3 Å². The Labute approximate surface area is 126 Å². The molecule has 1 aliphatic heterocycles. The fourth-order valence-electron chi connectivity index (χ4n) is 2.78. The zero-order chi connectivity index (χ0) is 15.2. The minimum absolute atomic E-state index is 0.0541. The first-order valence-electron chi connectivity index (χ1n) is 7.78. The molecule has 1 atom stereocenters. The maximum absolute atomic E-state index is 12.1. The molecule has 4 N–H and O–H groups in total. The number of nitrogen functional groups attached to an aromatic ring is 1. The monoisotopic (exact) mass is 290 g/mol. The predicted molar refractivity (Wildman–Crippen MR) is 87.6 cm³/mol. The molecule has 5 heteroatoms. The van der Waals surface area contributed by atoms with Crippen LogP contribution in [0.3, 0.4) is 0 Å². The lowest BCUT2D eigenvalue weighted by Gasteiger charge is -2.16. The molecule has 1 heterocycles. The van der Waals surface area contributed by atoms with Gasteiger partial charge in [-0.15, -0.1) is 0 Å². The van der Waals surface area contributed by atoms with E-state index in [0.29, 0.717) is 23.7 Å². The standard InChI is InChI=1S/C16H26N4O/c1-3-18-16(21)14-6-5-13(17)9-15(14)19-10-12-7-8-20(4-2)11-12/h5-6,9,12,19H,3-4,7-8,10-11,17H2,1-2H3,(H,18,21). The lowest BCUT2D eigenvalue weighted by Crippen LogP contribution is -2.25. The summed E-state index contributed by atoms with van der Waals surface area (Å²) in [6, 6.07) is 5.40. The third-order valence-corrected chi connectivity index (χ3v) is 4.02. The van der Waals surface area contributed by atoms with E-state index >= 15 is 0 Å². The highest BCUT2D eigenvalue weighted by Crippen LogP contribution is 2.22. The Hall–Kier alpha value is -1.75.